The number of aryl methyl sites for hydroxylation is 1. The van der Waals surface area contributed by atoms with E-state index in [1.54, 1.807) is 13.3 Å². The van der Waals surface area contributed by atoms with Gasteiger partial charge in [0.05, 0.1) is 19.4 Å². The van der Waals surface area contributed by atoms with Crippen molar-refractivity contribution in [2.24, 2.45) is 0 Å². The third-order valence-corrected chi connectivity index (χ3v) is 4.20. The van der Waals surface area contributed by atoms with Gasteiger partial charge in [0.15, 0.2) is 0 Å². The quantitative estimate of drug-likeness (QED) is 0.867. The normalized spacial score (nSPS) is 14.7. The number of nitrogens with one attached hydrogen (secondary N) is 1. The molecule has 0 radical (unpaired) electrons. The molecule has 1 fully saturated rings. The molecule has 2 aromatic rings. The fourth-order valence-corrected chi connectivity index (χ4v) is 3.14. The van der Waals surface area contributed by atoms with Crippen LogP contribution in [-0.2, 0) is 4.74 Å². The van der Waals surface area contributed by atoms with Gasteiger partial charge < -0.3 is 19.7 Å². The standard InChI is InChI=1S/C18H23N3O3/c1-4-24-18(22)14-11-20-16-13(9-12(2)10-15(16)23-3)17(14)21-7-5-19-6-8-21/h9-11,19H,4-8H2,1-3H3. The van der Waals surface area contributed by atoms with Gasteiger partial charge in [-0.15, -0.1) is 0 Å². The Balaban J connectivity index is 2.25. The Hall–Kier alpha value is -2.34. The number of rotatable bonds is 4. The van der Waals surface area contributed by atoms with Crippen LogP contribution >= 0.6 is 0 Å². The molecule has 0 amide bonds. The van der Waals surface area contributed by atoms with Crippen LogP contribution in [0.2, 0.25) is 0 Å². The molecule has 0 unspecified atom stereocenters. The Morgan fingerprint density at radius 3 is 2.75 bits per heavy atom. The van der Waals surface area contributed by atoms with E-state index in [9.17, 15) is 4.79 Å². The number of aromatic nitrogens is 1. The van der Waals surface area contributed by atoms with E-state index in [0.717, 1.165) is 54.1 Å². The van der Waals surface area contributed by atoms with Crippen LogP contribution in [0.4, 0.5) is 5.69 Å². The number of hydrogen-bond acceptors (Lipinski definition) is 6. The van der Waals surface area contributed by atoms with E-state index >= 15 is 0 Å². The second kappa shape index (κ2) is 7.05. The van der Waals surface area contributed by atoms with Crippen molar-refractivity contribution >= 4 is 22.6 Å². The zero-order chi connectivity index (χ0) is 17.1. The summed E-state index contributed by atoms with van der Waals surface area (Å²) in [4.78, 5) is 19.2. The lowest BCUT2D eigenvalue weighted by molar-refractivity contribution is 0.0526. The average Bonchev–Trinajstić information content (AvgIpc) is 2.60. The summed E-state index contributed by atoms with van der Waals surface area (Å²) in [5, 5.41) is 4.27. The first-order chi connectivity index (χ1) is 11.7. The van der Waals surface area contributed by atoms with E-state index in [2.05, 4.69) is 21.3 Å². The van der Waals surface area contributed by atoms with Gasteiger partial charge >= 0.3 is 5.97 Å². The molecule has 0 spiro atoms. The van der Waals surface area contributed by atoms with E-state index < -0.39 is 0 Å². The summed E-state index contributed by atoms with van der Waals surface area (Å²) >= 11 is 0. The third-order valence-electron chi connectivity index (χ3n) is 4.20. The first-order valence-corrected chi connectivity index (χ1v) is 8.25. The number of ether oxygens (including phenoxy) is 2. The summed E-state index contributed by atoms with van der Waals surface area (Å²) < 4.78 is 10.7. The van der Waals surface area contributed by atoms with Gasteiger partial charge in [-0.2, -0.15) is 0 Å². The van der Waals surface area contributed by atoms with Gasteiger partial charge in [0.2, 0.25) is 0 Å². The number of carbonyl (C=O) groups excluding carboxylic acids is 1. The van der Waals surface area contributed by atoms with Gasteiger partial charge in [0.25, 0.3) is 0 Å². The zero-order valence-electron chi connectivity index (χ0n) is 14.4. The fraction of sp³-hybridized carbons (Fsp3) is 0.444. The van der Waals surface area contributed by atoms with E-state index in [1.807, 2.05) is 19.9 Å². The largest absolute Gasteiger partial charge is 0.494 e. The van der Waals surface area contributed by atoms with Gasteiger partial charge in [0.1, 0.15) is 16.8 Å². The maximum absolute atomic E-state index is 12.5. The van der Waals surface area contributed by atoms with E-state index in [0.29, 0.717) is 12.2 Å². The van der Waals surface area contributed by atoms with Crippen molar-refractivity contribution < 1.29 is 14.3 Å². The first kappa shape index (κ1) is 16.5. The number of piperazine rings is 1. The van der Waals surface area contributed by atoms with Gasteiger partial charge in [-0.05, 0) is 31.5 Å². The molecule has 0 atom stereocenters. The number of hydrogen-bond donors (Lipinski definition) is 1. The number of fused-ring (bicyclic) bond motifs is 1. The lowest BCUT2D eigenvalue weighted by Crippen LogP contribution is -2.44. The number of carbonyl (C=O) groups is 1. The van der Waals surface area contributed by atoms with Crippen molar-refractivity contribution in [3.63, 3.8) is 0 Å². The molecule has 0 bridgehead atoms. The van der Waals surface area contributed by atoms with E-state index in [-0.39, 0.29) is 5.97 Å². The lowest BCUT2D eigenvalue weighted by atomic mass is 10.0. The summed E-state index contributed by atoms with van der Waals surface area (Å²) in [6, 6.07) is 4.02. The molecule has 6 heteroatoms. The molecular weight excluding hydrogens is 306 g/mol. The number of benzene rings is 1. The second-order valence-electron chi connectivity index (χ2n) is 5.84. The minimum absolute atomic E-state index is 0.332. The predicted octanol–water partition coefficient (Wildman–Crippen LogP) is 2.14. The Labute approximate surface area is 141 Å². The summed E-state index contributed by atoms with van der Waals surface area (Å²) in [5.74, 6) is 0.387. The third kappa shape index (κ3) is 3.01. The highest BCUT2D eigenvalue weighted by atomic mass is 16.5. The molecule has 128 valence electrons. The first-order valence-electron chi connectivity index (χ1n) is 8.25. The molecule has 1 aromatic carbocycles. The average molecular weight is 329 g/mol. The minimum atomic E-state index is -0.332. The fourth-order valence-electron chi connectivity index (χ4n) is 3.14. The Morgan fingerprint density at radius 1 is 1.33 bits per heavy atom. The highest BCUT2D eigenvalue weighted by Gasteiger charge is 2.24. The van der Waals surface area contributed by atoms with Crippen LogP contribution in [0.1, 0.15) is 22.8 Å². The molecule has 1 aromatic heterocycles. The molecule has 6 nitrogen and oxygen atoms in total. The molecule has 1 N–H and O–H groups in total. The summed E-state index contributed by atoms with van der Waals surface area (Å²) in [5.41, 5.74) is 3.24. The maximum atomic E-state index is 12.5. The molecule has 1 saturated heterocycles. The number of methoxy groups -OCH3 is 1. The van der Waals surface area contributed by atoms with Crippen molar-refractivity contribution in [3.8, 4) is 5.75 Å². The highest BCUT2D eigenvalue weighted by molar-refractivity contribution is 6.06. The molecule has 3 rings (SSSR count). The molecule has 0 saturated carbocycles. The SMILES string of the molecule is CCOC(=O)c1cnc2c(OC)cc(C)cc2c1N1CCNCC1. The van der Waals surface area contributed by atoms with Crippen LogP contribution in [0.5, 0.6) is 5.75 Å². The van der Waals surface area contributed by atoms with Crippen LogP contribution in [0.25, 0.3) is 10.9 Å². The van der Waals surface area contributed by atoms with Crippen LogP contribution in [0.15, 0.2) is 18.3 Å². The number of esters is 1. The van der Waals surface area contributed by atoms with Crippen molar-refractivity contribution in [3.05, 3.63) is 29.5 Å². The monoisotopic (exact) mass is 329 g/mol. The summed E-state index contributed by atoms with van der Waals surface area (Å²) in [7, 11) is 1.64. The van der Waals surface area contributed by atoms with E-state index in [4.69, 9.17) is 9.47 Å². The second-order valence-corrected chi connectivity index (χ2v) is 5.84. The molecule has 24 heavy (non-hydrogen) atoms. The van der Waals surface area contributed by atoms with Crippen LogP contribution in [0, 0.1) is 6.92 Å². The highest BCUT2D eigenvalue weighted by Crippen LogP contribution is 2.35. The minimum Gasteiger partial charge on any atom is -0.494 e. The van der Waals surface area contributed by atoms with Gasteiger partial charge in [-0.3, -0.25) is 4.98 Å². The Morgan fingerprint density at radius 2 is 2.08 bits per heavy atom. The van der Waals surface area contributed by atoms with Crippen LogP contribution < -0.4 is 15.0 Å². The van der Waals surface area contributed by atoms with Crippen molar-refractivity contribution in [2.45, 2.75) is 13.8 Å². The molecule has 1 aliphatic heterocycles. The number of anilines is 1. The maximum Gasteiger partial charge on any atom is 0.341 e. The van der Waals surface area contributed by atoms with Crippen LogP contribution in [0.3, 0.4) is 0 Å². The Bertz CT molecular complexity index is 755. The molecular formula is C18H23N3O3. The smallest absolute Gasteiger partial charge is 0.341 e. The number of nitrogens with zero attached hydrogens (tertiary/aromatic N) is 2. The van der Waals surface area contributed by atoms with Crippen molar-refractivity contribution in [1.82, 2.24) is 10.3 Å². The zero-order valence-corrected chi connectivity index (χ0v) is 14.4. The van der Waals surface area contributed by atoms with Crippen molar-refractivity contribution in [2.75, 3.05) is 44.8 Å². The lowest BCUT2D eigenvalue weighted by Gasteiger charge is -2.31. The predicted molar refractivity (Wildman–Crippen MR) is 94.1 cm³/mol. The van der Waals surface area contributed by atoms with E-state index in [1.165, 1.54) is 0 Å². The Kier molecular flexibility index (Phi) is 4.85. The molecule has 2 heterocycles. The van der Waals surface area contributed by atoms with Gasteiger partial charge in [-0.1, -0.05) is 0 Å². The summed E-state index contributed by atoms with van der Waals surface area (Å²) in [6.07, 6.45) is 1.61. The number of pyridine rings is 1. The van der Waals surface area contributed by atoms with Gasteiger partial charge in [0, 0.05) is 37.8 Å². The molecule has 0 aliphatic carbocycles. The van der Waals surface area contributed by atoms with Crippen molar-refractivity contribution in [1.29, 1.82) is 0 Å². The molecule has 1 aliphatic rings. The summed E-state index contributed by atoms with van der Waals surface area (Å²) in [6.45, 7) is 7.60. The van der Waals surface area contributed by atoms with Crippen LogP contribution in [-0.4, -0.2) is 50.8 Å². The van der Waals surface area contributed by atoms with Gasteiger partial charge in [-0.25, -0.2) is 4.79 Å². The topological polar surface area (TPSA) is 63.7 Å².